The number of hydrogen-bond acceptors (Lipinski definition) is 3. The van der Waals surface area contributed by atoms with Crippen LogP contribution in [-0.4, -0.2) is 4.98 Å². The van der Waals surface area contributed by atoms with Crippen LogP contribution in [0.5, 0.6) is 0 Å². The number of nitrogens with zero attached hydrogens (tertiary/aromatic N) is 1. The fourth-order valence-electron chi connectivity index (χ4n) is 1.44. The Hall–Kier alpha value is -1.27. The van der Waals surface area contributed by atoms with Crippen LogP contribution in [0.3, 0.4) is 0 Å². The van der Waals surface area contributed by atoms with Gasteiger partial charge in [-0.25, -0.2) is 4.98 Å². The van der Waals surface area contributed by atoms with Crippen molar-refractivity contribution in [2.75, 3.05) is 5.73 Å². The van der Waals surface area contributed by atoms with Gasteiger partial charge in [0.05, 0.1) is 0 Å². The highest BCUT2D eigenvalue weighted by molar-refractivity contribution is 7.13. The average molecular weight is 204 g/mol. The highest BCUT2D eigenvalue weighted by Crippen LogP contribution is 2.16. The van der Waals surface area contributed by atoms with Gasteiger partial charge in [-0.2, -0.15) is 0 Å². The zero-order valence-corrected chi connectivity index (χ0v) is 8.73. The molecule has 0 fully saturated rings. The van der Waals surface area contributed by atoms with Crippen molar-refractivity contribution in [2.45, 2.75) is 25.7 Å². The van der Waals surface area contributed by atoms with E-state index in [0.717, 1.165) is 12.1 Å². The van der Waals surface area contributed by atoms with Gasteiger partial charge in [-0.1, -0.05) is 12.0 Å². The smallest absolute Gasteiger partial charge is 0.181 e. The van der Waals surface area contributed by atoms with Gasteiger partial charge < -0.3 is 5.73 Å². The lowest BCUT2D eigenvalue weighted by Gasteiger charge is -2.05. The maximum Gasteiger partial charge on any atom is 0.181 e. The quantitative estimate of drug-likeness (QED) is 0.660. The lowest BCUT2D eigenvalue weighted by molar-refractivity contribution is 0.715. The predicted molar refractivity (Wildman–Crippen MR) is 60.0 cm³/mol. The lowest BCUT2D eigenvalue weighted by Crippen LogP contribution is -1.88. The molecule has 2 N–H and O–H groups in total. The van der Waals surface area contributed by atoms with E-state index in [9.17, 15) is 0 Å². The molecule has 0 unspecified atom stereocenters. The number of aromatic nitrogens is 1. The zero-order valence-electron chi connectivity index (χ0n) is 7.92. The molecule has 1 aliphatic carbocycles. The first-order valence-electron chi connectivity index (χ1n) is 4.76. The molecule has 1 heterocycles. The standard InChI is InChI=1S/C11H12N2S/c12-11-13-10(8-14-11)7-6-9-4-2-1-3-5-9/h4,8H,1-3,5H2,(H2,12,13). The summed E-state index contributed by atoms with van der Waals surface area (Å²) in [5.41, 5.74) is 7.56. The SMILES string of the molecule is Nc1nc(C#CC2=CCCCC2)cs1. The third-order valence-electron chi connectivity index (χ3n) is 2.16. The third kappa shape index (κ3) is 2.36. The maximum atomic E-state index is 5.51. The molecule has 3 heteroatoms. The van der Waals surface area contributed by atoms with Gasteiger partial charge in [0.1, 0.15) is 5.69 Å². The Labute approximate surface area is 87.9 Å². The second kappa shape index (κ2) is 4.30. The number of anilines is 1. The first kappa shape index (κ1) is 9.29. The summed E-state index contributed by atoms with van der Waals surface area (Å²) in [6, 6.07) is 0. The van der Waals surface area contributed by atoms with E-state index in [1.54, 1.807) is 0 Å². The molecule has 1 aliphatic rings. The molecule has 2 nitrogen and oxygen atoms in total. The Bertz CT molecular complexity index is 406. The molecule has 72 valence electrons. The Morgan fingerprint density at radius 3 is 2.93 bits per heavy atom. The number of nitrogens with two attached hydrogens (primary N) is 1. The van der Waals surface area contributed by atoms with Crippen LogP contribution in [0.25, 0.3) is 0 Å². The van der Waals surface area contributed by atoms with E-state index in [1.807, 2.05) is 5.38 Å². The molecule has 0 bridgehead atoms. The Balaban J connectivity index is 2.09. The van der Waals surface area contributed by atoms with Crippen LogP contribution >= 0.6 is 11.3 Å². The molecule has 1 aromatic rings. The van der Waals surface area contributed by atoms with Gasteiger partial charge in [-0.3, -0.25) is 0 Å². The minimum absolute atomic E-state index is 0.590. The fourth-order valence-corrected chi connectivity index (χ4v) is 1.94. The third-order valence-corrected chi connectivity index (χ3v) is 2.84. The first-order valence-corrected chi connectivity index (χ1v) is 5.64. The molecule has 1 aromatic heterocycles. The van der Waals surface area contributed by atoms with Crippen LogP contribution in [0, 0.1) is 11.8 Å². The number of allylic oxidation sites excluding steroid dienone is 2. The average Bonchev–Trinajstić information content (AvgIpc) is 2.63. The molecule has 0 saturated heterocycles. The summed E-state index contributed by atoms with van der Waals surface area (Å²) < 4.78 is 0. The van der Waals surface area contributed by atoms with Crippen LogP contribution in [0.15, 0.2) is 17.0 Å². The van der Waals surface area contributed by atoms with Gasteiger partial charge >= 0.3 is 0 Å². The Kier molecular flexibility index (Phi) is 2.85. The van der Waals surface area contributed by atoms with Crippen LogP contribution < -0.4 is 5.73 Å². The van der Waals surface area contributed by atoms with Gasteiger partial charge in [-0.05, 0) is 37.2 Å². The van der Waals surface area contributed by atoms with Crippen molar-refractivity contribution in [1.82, 2.24) is 4.98 Å². The van der Waals surface area contributed by atoms with Gasteiger partial charge in [0.2, 0.25) is 0 Å². The van der Waals surface area contributed by atoms with Crippen molar-refractivity contribution >= 4 is 16.5 Å². The first-order chi connectivity index (χ1) is 6.84. The van der Waals surface area contributed by atoms with E-state index >= 15 is 0 Å². The lowest BCUT2D eigenvalue weighted by atomic mass is 10.0. The molecular formula is C11H12N2S. The largest absolute Gasteiger partial charge is 0.375 e. The number of thiazole rings is 1. The summed E-state index contributed by atoms with van der Waals surface area (Å²) in [5, 5.41) is 2.48. The molecule has 0 aliphatic heterocycles. The molecule has 0 aromatic carbocycles. The van der Waals surface area contributed by atoms with Gasteiger partial charge in [0.15, 0.2) is 5.13 Å². The van der Waals surface area contributed by atoms with E-state index < -0.39 is 0 Å². The molecule has 14 heavy (non-hydrogen) atoms. The summed E-state index contributed by atoms with van der Waals surface area (Å²) in [5.74, 6) is 6.19. The highest BCUT2D eigenvalue weighted by Gasteiger charge is 2.00. The van der Waals surface area contributed by atoms with Crippen molar-refractivity contribution in [1.29, 1.82) is 0 Å². The van der Waals surface area contributed by atoms with Gasteiger partial charge in [-0.15, -0.1) is 11.3 Å². The van der Waals surface area contributed by atoms with Crippen LogP contribution in [0.2, 0.25) is 0 Å². The molecular weight excluding hydrogens is 192 g/mol. The van der Waals surface area contributed by atoms with E-state index in [-0.39, 0.29) is 0 Å². The highest BCUT2D eigenvalue weighted by atomic mass is 32.1. The summed E-state index contributed by atoms with van der Waals surface area (Å²) in [6.07, 6.45) is 7.08. The molecule has 0 saturated carbocycles. The van der Waals surface area contributed by atoms with Gasteiger partial charge in [0, 0.05) is 5.38 Å². The van der Waals surface area contributed by atoms with E-state index in [4.69, 9.17) is 5.73 Å². The van der Waals surface area contributed by atoms with Crippen molar-refractivity contribution < 1.29 is 0 Å². The summed E-state index contributed by atoms with van der Waals surface area (Å²) in [4.78, 5) is 4.09. The summed E-state index contributed by atoms with van der Waals surface area (Å²) in [6.45, 7) is 0. The molecule has 0 amide bonds. The van der Waals surface area contributed by atoms with E-state index in [0.29, 0.717) is 5.13 Å². The van der Waals surface area contributed by atoms with Crippen LogP contribution in [-0.2, 0) is 0 Å². The Morgan fingerprint density at radius 1 is 1.36 bits per heavy atom. The second-order valence-electron chi connectivity index (χ2n) is 3.30. The topological polar surface area (TPSA) is 38.9 Å². The summed E-state index contributed by atoms with van der Waals surface area (Å²) in [7, 11) is 0. The molecule has 0 radical (unpaired) electrons. The summed E-state index contributed by atoms with van der Waals surface area (Å²) >= 11 is 1.44. The van der Waals surface area contributed by atoms with Crippen molar-refractivity contribution in [2.24, 2.45) is 0 Å². The fraction of sp³-hybridized carbons (Fsp3) is 0.364. The second-order valence-corrected chi connectivity index (χ2v) is 4.19. The van der Waals surface area contributed by atoms with Crippen molar-refractivity contribution in [3.8, 4) is 11.8 Å². The zero-order chi connectivity index (χ0) is 9.80. The Morgan fingerprint density at radius 2 is 2.29 bits per heavy atom. The minimum atomic E-state index is 0.590. The van der Waals surface area contributed by atoms with Gasteiger partial charge in [0.25, 0.3) is 0 Å². The maximum absolute atomic E-state index is 5.51. The molecule has 0 spiro atoms. The van der Waals surface area contributed by atoms with Crippen molar-refractivity contribution in [3.63, 3.8) is 0 Å². The van der Waals surface area contributed by atoms with Crippen LogP contribution in [0.1, 0.15) is 31.4 Å². The number of nitrogen functional groups attached to an aromatic ring is 1. The monoisotopic (exact) mass is 204 g/mol. The normalized spacial score (nSPS) is 15.6. The van der Waals surface area contributed by atoms with Crippen molar-refractivity contribution in [3.05, 3.63) is 22.7 Å². The number of rotatable bonds is 0. The van der Waals surface area contributed by atoms with E-state index in [1.165, 1.54) is 36.2 Å². The predicted octanol–water partition coefficient (Wildman–Crippen LogP) is 2.58. The van der Waals surface area contributed by atoms with E-state index in [2.05, 4.69) is 22.9 Å². The number of hydrogen-bond donors (Lipinski definition) is 1. The minimum Gasteiger partial charge on any atom is -0.375 e. The molecule has 2 rings (SSSR count). The van der Waals surface area contributed by atoms with Crippen LogP contribution in [0.4, 0.5) is 5.13 Å². The molecule has 0 atom stereocenters.